The molecular weight excluding hydrogens is 544 g/mol. The number of hydrogen-bond donors (Lipinski definition) is 6. The number of carbonyl (C=O) groups excluding carboxylic acids is 1. The molecule has 0 radical (unpaired) electrons. The third-order valence-electron chi connectivity index (χ3n) is 9.12. The molecule has 0 aromatic carbocycles. The van der Waals surface area contributed by atoms with E-state index in [2.05, 4.69) is 46.4 Å². The van der Waals surface area contributed by atoms with E-state index in [4.69, 9.17) is 0 Å². The van der Waals surface area contributed by atoms with Gasteiger partial charge in [-0.05, 0) is 92.1 Å². The molecule has 0 saturated heterocycles. The molecule has 1 aliphatic heterocycles. The maximum Gasteiger partial charge on any atom is 0.319 e. The number of nitrogens with one attached hydrogen (secondary N) is 4. The van der Waals surface area contributed by atoms with Crippen LogP contribution in [0.4, 0.5) is 0 Å². The normalized spacial score (nSPS) is 16.8. The fourth-order valence-corrected chi connectivity index (χ4v) is 6.77. The number of carboxylic acid groups (broad SMARTS) is 2. The summed E-state index contributed by atoms with van der Waals surface area (Å²) in [6.07, 6.45) is 8.65. The summed E-state index contributed by atoms with van der Waals surface area (Å²) in [5, 5.41) is 22.7. The highest BCUT2D eigenvalue weighted by Crippen LogP contribution is 2.34. The van der Waals surface area contributed by atoms with Gasteiger partial charge < -0.3 is 30.1 Å². The molecular formula is C34H34N4O5. The van der Waals surface area contributed by atoms with Crippen LogP contribution in [0.2, 0.25) is 0 Å². The SMILES string of the molecule is C=Cc1c(C)/c2[nH]c1=Cc1[nH]c(c(CC)c1C)/C=c1\[nH]c3c(c1C)C(=O)C(C(=O)O)C=3c1[nH]c(c(C)c1CCC(=O)O)\C=2. The molecule has 0 amide bonds. The van der Waals surface area contributed by atoms with Gasteiger partial charge in [-0.2, -0.15) is 0 Å². The van der Waals surface area contributed by atoms with Gasteiger partial charge in [0, 0.05) is 61.9 Å². The number of rotatable bonds is 6. The molecule has 1 aliphatic carbocycles. The summed E-state index contributed by atoms with van der Waals surface area (Å²) < 4.78 is 0. The molecule has 6 N–H and O–H groups in total. The summed E-state index contributed by atoms with van der Waals surface area (Å²) in [5.41, 5.74) is 10.0. The van der Waals surface area contributed by atoms with E-state index in [0.717, 1.165) is 56.3 Å². The predicted octanol–water partition coefficient (Wildman–Crippen LogP) is 2.35. The van der Waals surface area contributed by atoms with Crippen LogP contribution in [0.1, 0.15) is 85.4 Å². The first kappa shape index (κ1) is 28.1. The first-order valence-electron chi connectivity index (χ1n) is 14.4. The van der Waals surface area contributed by atoms with Crippen molar-refractivity contribution >= 4 is 47.6 Å². The van der Waals surface area contributed by atoms with Crippen LogP contribution in [-0.4, -0.2) is 47.9 Å². The molecule has 5 heterocycles. The standard InChI is InChI=1S/C34H34N4O5/c1-7-18-14(3)21-11-23-16(5)20(9-10-27(39)40)31(37-23)29-30(34(42)43)33(41)28-17(6)24(38-32(28)29)13-26-19(8-2)15(4)22(36-26)12-25(18)35-21/h7,11-13,30,35-38H,1,8-10H2,2-6H3,(H,39,40)(H,42,43)/b21-11-,22-12?,23-11?,24-13-,25-12?,26-13?,31-29?. The van der Waals surface area contributed by atoms with E-state index < -0.39 is 23.6 Å². The summed E-state index contributed by atoms with van der Waals surface area (Å²) >= 11 is 0. The second-order valence-electron chi connectivity index (χ2n) is 11.4. The van der Waals surface area contributed by atoms with Gasteiger partial charge in [0.15, 0.2) is 5.78 Å². The van der Waals surface area contributed by atoms with Crippen LogP contribution < -0.4 is 21.4 Å². The van der Waals surface area contributed by atoms with Crippen LogP contribution in [0.3, 0.4) is 0 Å². The van der Waals surface area contributed by atoms with Crippen molar-refractivity contribution in [1.82, 2.24) is 19.9 Å². The Kier molecular flexibility index (Phi) is 6.56. The number of hydrogen-bond acceptors (Lipinski definition) is 3. The first-order valence-corrected chi connectivity index (χ1v) is 14.4. The van der Waals surface area contributed by atoms with Crippen LogP contribution >= 0.6 is 0 Å². The number of H-pyrrole nitrogens is 4. The van der Waals surface area contributed by atoms with Crippen molar-refractivity contribution in [1.29, 1.82) is 0 Å². The number of aliphatic carboxylic acids is 2. The first-order chi connectivity index (χ1) is 20.5. The Morgan fingerprint density at radius 1 is 0.837 bits per heavy atom. The molecule has 4 aromatic rings. The zero-order valence-corrected chi connectivity index (χ0v) is 24.8. The Labute approximate surface area is 247 Å². The quantitative estimate of drug-likeness (QED) is 0.194. The molecule has 6 rings (SSSR count). The van der Waals surface area contributed by atoms with E-state index >= 15 is 0 Å². The van der Waals surface area contributed by atoms with Gasteiger partial charge in [0.1, 0.15) is 5.92 Å². The highest BCUT2D eigenvalue weighted by atomic mass is 16.4. The van der Waals surface area contributed by atoms with Crippen LogP contribution in [-0.2, 0) is 22.4 Å². The van der Waals surface area contributed by atoms with Crippen molar-refractivity contribution < 1.29 is 24.6 Å². The highest BCUT2D eigenvalue weighted by Gasteiger charge is 2.42. The van der Waals surface area contributed by atoms with Gasteiger partial charge in [0.2, 0.25) is 0 Å². The molecule has 2 aliphatic rings. The topological polar surface area (TPSA) is 155 Å². The lowest BCUT2D eigenvalue weighted by atomic mass is 9.92. The van der Waals surface area contributed by atoms with Gasteiger partial charge in [0.25, 0.3) is 0 Å². The van der Waals surface area contributed by atoms with Crippen LogP contribution in [0.5, 0.6) is 0 Å². The van der Waals surface area contributed by atoms with E-state index in [1.165, 1.54) is 0 Å². The molecule has 220 valence electrons. The predicted molar refractivity (Wildman–Crippen MR) is 165 cm³/mol. The molecule has 0 saturated carbocycles. The van der Waals surface area contributed by atoms with Gasteiger partial charge in [-0.15, -0.1) is 0 Å². The maximum atomic E-state index is 13.8. The van der Waals surface area contributed by atoms with Crippen molar-refractivity contribution in [2.45, 2.75) is 53.9 Å². The lowest BCUT2D eigenvalue weighted by molar-refractivity contribution is -0.138. The maximum absolute atomic E-state index is 13.8. The average Bonchev–Trinajstić information content (AvgIpc) is 3.68. The van der Waals surface area contributed by atoms with E-state index in [1.54, 1.807) is 0 Å². The van der Waals surface area contributed by atoms with Crippen molar-refractivity contribution in [3.05, 3.63) is 95.3 Å². The largest absolute Gasteiger partial charge is 0.481 e. The van der Waals surface area contributed by atoms with Gasteiger partial charge in [-0.3, -0.25) is 14.4 Å². The lowest BCUT2D eigenvalue weighted by Gasteiger charge is -2.11. The minimum Gasteiger partial charge on any atom is -0.481 e. The zero-order valence-electron chi connectivity index (χ0n) is 24.8. The van der Waals surface area contributed by atoms with Crippen molar-refractivity contribution in [2.75, 3.05) is 0 Å². The van der Waals surface area contributed by atoms with Gasteiger partial charge in [-0.1, -0.05) is 19.6 Å². The molecule has 0 fully saturated rings. The minimum atomic E-state index is -1.42. The van der Waals surface area contributed by atoms with Crippen LogP contribution in [0, 0.1) is 33.6 Å². The number of Topliss-reactive ketones (excluding diaryl/α,β-unsaturated/α-hetero) is 1. The Balaban J connectivity index is 1.82. The number of fused-ring (bicyclic) bond motifs is 8. The minimum absolute atomic E-state index is 0.144. The van der Waals surface area contributed by atoms with Crippen molar-refractivity contribution in [2.24, 2.45) is 5.92 Å². The summed E-state index contributed by atoms with van der Waals surface area (Å²) in [4.78, 5) is 51.9. The fraction of sp³-hybridized carbons (Fsp3) is 0.265. The third kappa shape index (κ3) is 4.18. The van der Waals surface area contributed by atoms with Crippen LogP contribution in [0.25, 0.3) is 29.9 Å². The number of aromatic nitrogens is 4. The Morgan fingerprint density at radius 3 is 2.12 bits per heavy atom. The Morgan fingerprint density at radius 2 is 1.47 bits per heavy atom. The number of ketones is 1. The number of carbonyl (C=O) groups is 3. The molecule has 4 aromatic heterocycles. The second kappa shape index (κ2) is 10.0. The molecule has 8 bridgehead atoms. The monoisotopic (exact) mass is 578 g/mol. The molecule has 1 atom stereocenters. The summed E-state index contributed by atoms with van der Waals surface area (Å²) in [7, 11) is 0. The molecule has 1 unspecified atom stereocenters. The van der Waals surface area contributed by atoms with Gasteiger partial charge in [0.05, 0.1) is 5.35 Å². The smallest absolute Gasteiger partial charge is 0.319 e. The molecule has 9 nitrogen and oxygen atoms in total. The van der Waals surface area contributed by atoms with Crippen molar-refractivity contribution in [3.8, 4) is 0 Å². The average molecular weight is 579 g/mol. The summed E-state index contributed by atoms with van der Waals surface area (Å²) in [6.45, 7) is 14.0. The van der Waals surface area contributed by atoms with Crippen LogP contribution in [0.15, 0.2) is 6.58 Å². The zero-order chi connectivity index (χ0) is 30.9. The lowest BCUT2D eigenvalue weighted by Crippen LogP contribution is -2.24. The van der Waals surface area contributed by atoms with E-state index in [-0.39, 0.29) is 12.8 Å². The highest BCUT2D eigenvalue weighted by molar-refractivity contribution is 6.20. The summed E-state index contributed by atoms with van der Waals surface area (Å²) in [5.74, 6) is -4.12. The fourth-order valence-electron chi connectivity index (χ4n) is 6.77. The Hall–Kier alpha value is -5.05. The van der Waals surface area contributed by atoms with E-state index in [9.17, 15) is 24.6 Å². The van der Waals surface area contributed by atoms with Gasteiger partial charge >= 0.3 is 11.9 Å². The van der Waals surface area contributed by atoms with E-state index in [0.29, 0.717) is 44.3 Å². The molecule has 0 spiro atoms. The Bertz CT molecular complexity index is 2160. The summed E-state index contributed by atoms with van der Waals surface area (Å²) in [6, 6.07) is 0. The van der Waals surface area contributed by atoms with Crippen molar-refractivity contribution in [3.63, 3.8) is 0 Å². The molecule has 43 heavy (non-hydrogen) atoms. The second-order valence-corrected chi connectivity index (χ2v) is 11.4. The number of carboxylic acids is 2. The third-order valence-corrected chi connectivity index (χ3v) is 9.12. The number of aromatic amines is 4. The van der Waals surface area contributed by atoms with E-state index in [1.807, 2.05) is 39.0 Å². The van der Waals surface area contributed by atoms with Gasteiger partial charge in [-0.25, -0.2) is 0 Å². The molecule has 9 heteroatoms.